The van der Waals surface area contributed by atoms with E-state index in [-0.39, 0.29) is 35.6 Å². The number of rotatable bonds is 5. The maximum absolute atomic E-state index is 13.4. The number of nitrogens with zero attached hydrogens (tertiary/aromatic N) is 4. The van der Waals surface area contributed by atoms with Gasteiger partial charge in [0.25, 0.3) is 10.2 Å². The molecular weight excluding hydrogens is 465 g/mol. The van der Waals surface area contributed by atoms with E-state index < -0.39 is 16.2 Å². The predicted molar refractivity (Wildman–Crippen MR) is 125 cm³/mol. The molecule has 0 spiro atoms. The van der Waals surface area contributed by atoms with Crippen molar-refractivity contribution in [3.05, 3.63) is 51.3 Å². The average Bonchev–Trinajstić information content (AvgIpc) is 3.45. The third kappa shape index (κ3) is 5.11. The summed E-state index contributed by atoms with van der Waals surface area (Å²) in [7, 11) is -4.32. The number of urea groups is 1. The van der Waals surface area contributed by atoms with Crippen LogP contribution in [0.3, 0.4) is 0 Å². The van der Waals surface area contributed by atoms with E-state index in [1.807, 2.05) is 0 Å². The van der Waals surface area contributed by atoms with E-state index in [0.717, 1.165) is 55.3 Å². The van der Waals surface area contributed by atoms with Gasteiger partial charge in [0.1, 0.15) is 5.82 Å². The van der Waals surface area contributed by atoms with Gasteiger partial charge in [-0.25, -0.2) is 18.4 Å². The van der Waals surface area contributed by atoms with Gasteiger partial charge in [-0.15, -0.1) is 0 Å². The van der Waals surface area contributed by atoms with E-state index >= 15 is 0 Å². The van der Waals surface area contributed by atoms with Crippen LogP contribution in [-0.2, 0) is 40.6 Å². The Kier molecular flexibility index (Phi) is 7.83. The molecule has 2 heterocycles. The molecule has 2 aromatic rings. The summed E-state index contributed by atoms with van der Waals surface area (Å²) in [6.07, 6.45) is 9.77. The first-order valence-corrected chi connectivity index (χ1v) is 12.9. The van der Waals surface area contributed by atoms with Crippen LogP contribution in [0.25, 0.3) is 4.72 Å². The van der Waals surface area contributed by atoms with E-state index in [1.165, 1.54) is 27.8 Å². The Morgan fingerprint density at radius 1 is 1.06 bits per heavy atom. The molecule has 0 radical (unpaired) electrons. The van der Waals surface area contributed by atoms with E-state index in [2.05, 4.69) is 26.1 Å². The van der Waals surface area contributed by atoms with Crippen LogP contribution in [0.2, 0.25) is 0 Å². The molecule has 11 heteroatoms. The third-order valence-electron chi connectivity index (χ3n) is 6.70. The first-order valence-electron chi connectivity index (χ1n) is 11.5. The smallest absolute Gasteiger partial charge is 0.423 e. The Bertz CT molecular complexity index is 1130. The van der Waals surface area contributed by atoms with Crippen molar-refractivity contribution >= 4 is 27.6 Å². The van der Waals surface area contributed by atoms with Crippen LogP contribution in [-0.4, -0.2) is 43.7 Å². The second kappa shape index (κ2) is 10.5. The summed E-state index contributed by atoms with van der Waals surface area (Å²) in [6.45, 7) is 2.61. The van der Waals surface area contributed by atoms with Gasteiger partial charge in [0, 0.05) is 19.3 Å². The van der Waals surface area contributed by atoms with E-state index in [4.69, 9.17) is 4.74 Å². The fourth-order valence-electron chi connectivity index (χ4n) is 5.20. The fraction of sp³-hybridized carbons (Fsp3) is 0.522. The molecule has 0 saturated carbocycles. The van der Waals surface area contributed by atoms with Gasteiger partial charge in [0.05, 0.1) is 18.1 Å². The number of benzene rings is 1. The summed E-state index contributed by atoms with van der Waals surface area (Å²) >= 11 is 0. The Hall–Kier alpha value is -1.72. The number of amides is 2. The Morgan fingerprint density at radius 3 is 2.24 bits per heavy atom. The maximum Gasteiger partial charge on any atom is 1.00 e. The Morgan fingerprint density at radius 2 is 1.65 bits per heavy atom. The molecule has 1 aromatic carbocycles. The molecule has 176 valence electrons. The molecule has 0 bridgehead atoms. The fourth-order valence-corrected chi connectivity index (χ4v) is 6.49. The molecule has 2 amide bonds. The first kappa shape index (κ1) is 25.4. The van der Waals surface area contributed by atoms with Crippen LogP contribution in [0.5, 0.6) is 0 Å². The molecule has 0 atom stereocenters. The van der Waals surface area contributed by atoms with E-state index in [1.54, 1.807) is 6.92 Å². The number of hydrogen-bond donors (Lipinski definition) is 1. The van der Waals surface area contributed by atoms with Gasteiger partial charge in [-0.1, -0.05) is 6.07 Å². The van der Waals surface area contributed by atoms with Gasteiger partial charge in [0.15, 0.2) is 6.03 Å². The van der Waals surface area contributed by atoms with Gasteiger partial charge in [0.2, 0.25) is 0 Å². The molecule has 9 nitrogen and oxygen atoms in total. The zero-order valence-electron chi connectivity index (χ0n) is 19.7. The number of anilines is 2. The zero-order valence-corrected chi connectivity index (χ0v) is 22.5. The molecule has 2 aliphatic carbocycles. The molecule has 1 saturated heterocycles. The van der Waals surface area contributed by atoms with Crippen molar-refractivity contribution in [3.63, 3.8) is 0 Å². The number of aryl methyl sites for hydroxylation is 3. The van der Waals surface area contributed by atoms with Crippen molar-refractivity contribution < 1.29 is 47.5 Å². The minimum absolute atomic E-state index is 0. The van der Waals surface area contributed by atoms with Gasteiger partial charge in [-0.3, -0.25) is 9.10 Å². The summed E-state index contributed by atoms with van der Waals surface area (Å²) in [5.74, 6) is 0.532. The van der Waals surface area contributed by atoms with Crippen LogP contribution in [0.1, 0.15) is 53.8 Å². The van der Waals surface area contributed by atoms with Gasteiger partial charge in [-0.2, -0.15) is 0 Å². The largest absolute Gasteiger partial charge is 1.00 e. The molecule has 1 fully saturated rings. The summed E-state index contributed by atoms with van der Waals surface area (Å²) in [5.41, 5.74) is 5.85. The van der Waals surface area contributed by atoms with E-state index in [0.29, 0.717) is 37.6 Å². The quantitative estimate of drug-likeness (QED) is 0.610. The molecule has 1 aliphatic heterocycles. The van der Waals surface area contributed by atoms with Crippen molar-refractivity contribution in [1.82, 2.24) is 9.97 Å². The van der Waals surface area contributed by atoms with Crippen molar-refractivity contribution in [3.8, 4) is 0 Å². The van der Waals surface area contributed by atoms with Crippen molar-refractivity contribution in [1.29, 1.82) is 0 Å². The SMILES string of the molecule is Cc1ncc(N(C2CCOCC2)S(=O)(=O)[N-]C(=O)Nc2c3c(cc4c2CCC4)CCC3)cn1.[Na+]. The minimum atomic E-state index is -4.32. The number of aromatic nitrogens is 2. The summed E-state index contributed by atoms with van der Waals surface area (Å²) in [5, 5.41) is 2.85. The van der Waals surface area contributed by atoms with E-state index in [9.17, 15) is 13.2 Å². The molecule has 1 aromatic heterocycles. The zero-order chi connectivity index (χ0) is 23.0. The molecule has 34 heavy (non-hydrogen) atoms. The molecule has 0 unspecified atom stereocenters. The van der Waals surface area contributed by atoms with Crippen molar-refractivity contribution in [2.24, 2.45) is 0 Å². The standard InChI is InChI=1S/C23H29N5O4S.Na/c1-15-24-13-19(14-25-15)28(18-8-10-32-11-9-18)33(30,31)27-23(29)26-22-20-6-2-4-16(20)12-17-5-3-7-21(17)22;/h12-14,18H,2-11H2,1H3,(H2,26,27,29);/q;+1/p-1. The summed E-state index contributed by atoms with van der Waals surface area (Å²) < 4.78 is 37.0. The Labute approximate surface area is 222 Å². The van der Waals surface area contributed by atoms with Crippen LogP contribution < -0.4 is 39.2 Å². The van der Waals surface area contributed by atoms with Crippen molar-refractivity contribution in [2.75, 3.05) is 22.8 Å². The molecule has 5 rings (SSSR count). The molecule has 1 N–H and O–H groups in total. The maximum atomic E-state index is 13.4. The second-order valence-corrected chi connectivity index (χ2v) is 10.3. The third-order valence-corrected chi connectivity index (χ3v) is 8.10. The van der Waals surface area contributed by atoms with Crippen LogP contribution in [0, 0.1) is 6.92 Å². The molecule has 3 aliphatic rings. The molecular formula is C23H28N5NaO4S. The van der Waals surface area contributed by atoms with Gasteiger partial charge in [-0.05, 0) is 86.2 Å². The van der Waals surface area contributed by atoms with Crippen LogP contribution in [0.15, 0.2) is 18.5 Å². The van der Waals surface area contributed by atoms with Gasteiger partial charge >= 0.3 is 29.6 Å². The topological polar surface area (TPSA) is 116 Å². The number of nitrogens with one attached hydrogen (secondary N) is 1. The second-order valence-electron chi connectivity index (χ2n) is 8.86. The predicted octanol–water partition coefficient (Wildman–Crippen LogP) is 0.602. The number of hydrogen-bond acceptors (Lipinski definition) is 6. The number of fused-ring (bicyclic) bond motifs is 2. The first-order chi connectivity index (χ1) is 15.9. The summed E-state index contributed by atoms with van der Waals surface area (Å²) in [4.78, 5) is 21.2. The Balaban J connectivity index is 0.00000274. The monoisotopic (exact) mass is 493 g/mol. The van der Waals surface area contributed by atoms with Crippen LogP contribution in [0.4, 0.5) is 16.2 Å². The normalized spacial score (nSPS) is 17.4. The minimum Gasteiger partial charge on any atom is -0.423 e. The van der Waals surface area contributed by atoms with Crippen LogP contribution >= 0.6 is 0 Å². The number of carbonyl (C=O) groups is 1. The number of ether oxygens (including phenoxy) is 1. The van der Waals surface area contributed by atoms with Gasteiger partial charge < -0.3 is 14.8 Å². The van der Waals surface area contributed by atoms with Crippen molar-refractivity contribution in [2.45, 2.75) is 64.3 Å². The summed E-state index contributed by atoms with van der Waals surface area (Å²) in [6, 6.07) is 1.02. The average molecular weight is 494 g/mol. The number of carbonyl (C=O) groups excluding carboxylic acids is 1.